The van der Waals surface area contributed by atoms with Gasteiger partial charge in [-0.25, -0.2) is 0 Å². The van der Waals surface area contributed by atoms with Crippen LogP contribution in [0.1, 0.15) is 16.1 Å². The van der Waals surface area contributed by atoms with Crippen molar-refractivity contribution < 1.29 is 9.21 Å². The van der Waals surface area contributed by atoms with Crippen LogP contribution in [-0.4, -0.2) is 24.9 Å². The lowest BCUT2D eigenvalue weighted by molar-refractivity contribution is 0.110. The van der Waals surface area contributed by atoms with E-state index in [2.05, 4.69) is 4.98 Å². The molecule has 0 radical (unpaired) electrons. The predicted molar refractivity (Wildman–Crippen MR) is 65.3 cm³/mol. The molecule has 0 unspecified atom stereocenters. The minimum absolute atomic E-state index is 0.357. The second-order valence-corrected chi connectivity index (χ2v) is 3.82. The largest absolute Gasteiger partial charge is 0.438 e. The average Bonchev–Trinajstić information content (AvgIpc) is 2.86. The Balaban J connectivity index is 1.93. The summed E-state index contributed by atoms with van der Waals surface area (Å²) in [7, 11) is 1.94. The third kappa shape index (κ3) is 2.93. The number of aromatic nitrogens is 1. The van der Waals surface area contributed by atoms with Gasteiger partial charge in [-0.3, -0.25) is 9.78 Å². The highest BCUT2D eigenvalue weighted by Crippen LogP contribution is 2.16. The van der Waals surface area contributed by atoms with Crippen molar-refractivity contribution >= 4 is 12.2 Å². The maximum absolute atomic E-state index is 10.5. The molecular formula is C13H14N2O2. The first-order valence-corrected chi connectivity index (χ1v) is 5.44. The molecule has 0 aliphatic rings. The molecule has 0 bridgehead atoms. The summed E-state index contributed by atoms with van der Waals surface area (Å²) in [4.78, 5) is 16.5. The average molecular weight is 230 g/mol. The Morgan fingerprint density at radius 3 is 2.71 bits per heavy atom. The molecule has 2 rings (SSSR count). The normalized spacial score (nSPS) is 10.2. The lowest BCUT2D eigenvalue weighted by Gasteiger charge is -2.15. The number of hydrogen-bond donors (Lipinski definition) is 0. The number of hydrogen-bond acceptors (Lipinski definition) is 4. The molecule has 0 N–H and O–H groups in total. The first-order chi connectivity index (χ1) is 8.29. The van der Waals surface area contributed by atoms with E-state index in [0.29, 0.717) is 17.9 Å². The number of carbonyl (C=O) groups excluding carboxylic acids is 1. The first-order valence-electron chi connectivity index (χ1n) is 5.44. The Morgan fingerprint density at radius 2 is 2.06 bits per heavy atom. The minimum atomic E-state index is 0.357. The smallest absolute Gasteiger partial charge is 0.196 e. The fourth-order valence-electron chi connectivity index (χ4n) is 1.57. The van der Waals surface area contributed by atoms with Gasteiger partial charge in [-0.1, -0.05) is 0 Å². The monoisotopic (exact) mass is 230 g/mol. The second-order valence-electron chi connectivity index (χ2n) is 3.82. The highest BCUT2D eigenvalue weighted by Gasteiger charge is 2.06. The van der Waals surface area contributed by atoms with Crippen LogP contribution in [0.25, 0.3) is 0 Å². The highest BCUT2D eigenvalue weighted by molar-refractivity contribution is 5.71. The molecule has 0 saturated heterocycles. The Kier molecular flexibility index (Phi) is 3.55. The SMILES string of the molecule is CN(CCc1ccncc1)c1ccc(C=O)o1. The fraction of sp³-hybridized carbons (Fsp3) is 0.231. The number of rotatable bonds is 5. The molecule has 0 fully saturated rings. The van der Waals surface area contributed by atoms with Crippen LogP contribution in [0.5, 0.6) is 0 Å². The van der Waals surface area contributed by atoms with Crippen molar-refractivity contribution in [3.63, 3.8) is 0 Å². The third-order valence-electron chi connectivity index (χ3n) is 2.59. The fourth-order valence-corrected chi connectivity index (χ4v) is 1.57. The standard InChI is InChI=1S/C13H14N2O2/c1-15(13-3-2-12(10-16)17-13)9-6-11-4-7-14-8-5-11/h2-5,7-8,10H,6,9H2,1H3. The van der Waals surface area contributed by atoms with Gasteiger partial charge in [0.1, 0.15) is 0 Å². The summed E-state index contributed by atoms with van der Waals surface area (Å²) in [6.07, 6.45) is 5.19. The molecular weight excluding hydrogens is 216 g/mol. The van der Waals surface area contributed by atoms with Gasteiger partial charge >= 0.3 is 0 Å². The van der Waals surface area contributed by atoms with Gasteiger partial charge in [0.15, 0.2) is 17.9 Å². The second kappa shape index (κ2) is 5.30. The summed E-state index contributed by atoms with van der Waals surface area (Å²) >= 11 is 0. The van der Waals surface area contributed by atoms with E-state index in [1.165, 1.54) is 5.56 Å². The van der Waals surface area contributed by atoms with Gasteiger partial charge in [0.05, 0.1) is 0 Å². The van der Waals surface area contributed by atoms with Crippen molar-refractivity contribution in [1.29, 1.82) is 0 Å². The summed E-state index contributed by atoms with van der Waals surface area (Å²) in [5, 5.41) is 0. The molecule has 0 amide bonds. The van der Waals surface area contributed by atoms with Crippen molar-refractivity contribution in [2.24, 2.45) is 0 Å². The van der Waals surface area contributed by atoms with E-state index >= 15 is 0 Å². The van der Waals surface area contributed by atoms with Gasteiger partial charge in [0.25, 0.3) is 0 Å². The predicted octanol–water partition coefficient (Wildman–Crippen LogP) is 2.17. The van der Waals surface area contributed by atoms with Crippen LogP contribution in [0.3, 0.4) is 0 Å². The number of aldehydes is 1. The van der Waals surface area contributed by atoms with E-state index in [9.17, 15) is 4.79 Å². The van der Waals surface area contributed by atoms with E-state index in [1.807, 2.05) is 24.1 Å². The van der Waals surface area contributed by atoms with Gasteiger partial charge in [-0.2, -0.15) is 0 Å². The zero-order valence-corrected chi connectivity index (χ0v) is 9.67. The molecule has 4 nitrogen and oxygen atoms in total. The molecule has 0 atom stereocenters. The molecule has 0 aromatic carbocycles. The van der Waals surface area contributed by atoms with Crippen molar-refractivity contribution in [3.8, 4) is 0 Å². The van der Waals surface area contributed by atoms with Crippen molar-refractivity contribution in [3.05, 3.63) is 48.0 Å². The van der Waals surface area contributed by atoms with Gasteiger partial charge in [0.2, 0.25) is 0 Å². The van der Waals surface area contributed by atoms with E-state index in [1.54, 1.807) is 24.5 Å². The van der Waals surface area contributed by atoms with Crippen LogP contribution in [0.4, 0.5) is 5.88 Å². The molecule has 2 heterocycles. The molecule has 0 aliphatic heterocycles. The molecule has 4 heteroatoms. The van der Waals surface area contributed by atoms with Gasteiger partial charge in [0, 0.05) is 32.1 Å². The summed E-state index contributed by atoms with van der Waals surface area (Å²) in [6.45, 7) is 0.829. The zero-order chi connectivity index (χ0) is 12.1. The summed E-state index contributed by atoms with van der Waals surface area (Å²) in [5.41, 5.74) is 1.23. The van der Waals surface area contributed by atoms with Crippen LogP contribution in [0, 0.1) is 0 Å². The van der Waals surface area contributed by atoms with Crippen LogP contribution in [0.15, 0.2) is 41.1 Å². The summed E-state index contributed by atoms with van der Waals surface area (Å²) in [5.74, 6) is 1.07. The van der Waals surface area contributed by atoms with Crippen LogP contribution in [0.2, 0.25) is 0 Å². The first kappa shape index (κ1) is 11.4. The number of pyridine rings is 1. The number of furan rings is 1. The van der Waals surface area contributed by atoms with Crippen molar-refractivity contribution in [2.45, 2.75) is 6.42 Å². The summed E-state index contributed by atoms with van der Waals surface area (Å²) < 4.78 is 5.33. The molecule has 17 heavy (non-hydrogen) atoms. The van der Waals surface area contributed by atoms with Crippen LogP contribution < -0.4 is 4.90 Å². The van der Waals surface area contributed by atoms with Crippen LogP contribution in [-0.2, 0) is 6.42 Å². The van der Waals surface area contributed by atoms with Crippen molar-refractivity contribution in [2.75, 3.05) is 18.5 Å². The Bertz CT molecular complexity index is 479. The van der Waals surface area contributed by atoms with Crippen molar-refractivity contribution in [1.82, 2.24) is 4.98 Å². The third-order valence-corrected chi connectivity index (χ3v) is 2.59. The molecule has 2 aromatic heterocycles. The zero-order valence-electron chi connectivity index (χ0n) is 9.67. The topological polar surface area (TPSA) is 46.3 Å². The van der Waals surface area contributed by atoms with E-state index in [4.69, 9.17) is 4.42 Å². The maximum Gasteiger partial charge on any atom is 0.196 e. The molecule has 88 valence electrons. The van der Waals surface area contributed by atoms with E-state index in [0.717, 1.165) is 13.0 Å². The number of anilines is 1. The Labute approximate surface area is 99.9 Å². The lowest BCUT2D eigenvalue weighted by Crippen LogP contribution is -2.19. The van der Waals surface area contributed by atoms with E-state index < -0.39 is 0 Å². The van der Waals surface area contributed by atoms with Gasteiger partial charge in [-0.05, 0) is 30.2 Å². The van der Waals surface area contributed by atoms with Crippen LogP contribution >= 0.6 is 0 Å². The lowest BCUT2D eigenvalue weighted by atomic mass is 10.2. The molecule has 0 aliphatic carbocycles. The highest BCUT2D eigenvalue weighted by atomic mass is 16.4. The number of nitrogens with zero attached hydrogens (tertiary/aromatic N) is 2. The summed E-state index contributed by atoms with van der Waals surface area (Å²) in [6, 6.07) is 7.46. The molecule has 0 spiro atoms. The maximum atomic E-state index is 10.5. The Hall–Kier alpha value is -2.10. The molecule has 0 saturated carbocycles. The minimum Gasteiger partial charge on any atom is -0.438 e. The number of likely N-dealkylation sites (N-methyl/N-ethyl adjacent to an activating group) is 1. The molecule has 2 aromatic rings. The van der Waals surface area contributed by atoms with Gasteiger partial charge in [-0.15, -0.1) is 0 Å². The van der Waals surface area contributed by atoms with E-state index in [-0.39, 0.29) is 0 Å². The number of carbonyl (C=O) groups is 1. The van der Waals surface area contributed by atoms with Gasteiger partial charge < -0.3 is 9.32 Å². The Morgan fingerprint density at radius 1 is 1.29 bits per heavy atom. The quantitative estimate of drug-likeness (QED) is 0.738.